The fraction of sp³-hybridized carbons (Fsp3) is 1.00. The monoisotopic (exact) mass is 289 g/mol. The van der Waals surface area contributed by atoms with E-state index in [1.807, 2.05) is 0 Å². The van der Waals surface area contributed by atoms with Crippen LogP contribution in [0.3, 0.4) is 0 Å². The minimum Gasteiger partial charge on any atom is -0.313 e. The molecular weight excluding hydrogens is 254 g/mol. The van der Waals surface area contributed by atoms with E-state index in [1.165, 1.54) is 64.3 Å². The molecule has 1 nitrogen and oxygen atoms in total. The standard InChI is InChI=1S/C20H35N/c1-2-6-16(7-3-1)19-8-4-5-9-20(19)21-14-18-13-15-10-11-17(18)12-15/h15-21H,1-14H2. The van der Waals surface area contributed by atoms with Gasteiger partial charge in [-0.15, -0.1) is 0 Å². The summed E-state index contributed by atoms with van der Waals surface area (Å²) in [6.07, 6.45) is 19.8. The molecule has 4 rings (SSSR count). The van der Waals surface area contributed by atoms with E-state index in [0.29, 0.717) is 0 Å². The minimum atomic E-state index is 0.876. The summed E-state index contributed by atoms with van der Waals surface area (Å²) in [5.74, 6) is 5.34. The molecule has 4 saturated carbocycles. The number of nitrogens with one attached hydrogen (secondary N) is 1. The Hall–Kier alpha value is -0.0400. The van der Waals surface area contributed by atoms with E-state index in [0.717, 1.165) is 35.6 Å². The van der Waals surface area contributed by atoms with Crippen molar-refractivity contribution in [1.82, 2.24) is 5.32 Å². The molecule has 1 N–H and O–H groups in total. The van der Waals surface area contributed by atoms with Crippen LogP contribution in [0.1, 0.15) is 83.5 Å². The zero-order chi connectivity index (χ0) is 14.1. The van der Waals surface area contributed by atoms with Crippen molar-refractivity contribution >= 4 is 0 Å². The summed E-state index contributed by atoms with van der Waals surface area (Å²) >= 11 is 0. The smallest absolute Gasteiger partial charge is 0.00980 e. The van der Waals surface area contributed by atoms with Crippen LogP contribution in [0.25, 0.3) is 0 Å². The van der Waals surface area contributed by atoms with Crippen LogP contribution in [0.5, 0.6) is 0 Å². The Labute approximate surface area is 131 Å². The average molecular weight is 290 g/mol. The van der Waals surface area contributed by atoms with Crippen LogP contribution in [0, 0.1) is 29.6 Å². The molecule has 21 heavy (non-hydrogen) atoms. The summed E-state index contributed by atoms with van der Waals surface area (Å²) in [6.45, 7) is 1.36. The Bertz CT molecular complexity index is 333. The number of rotatable bonds is 4. The van der Waals surface area contributed by atoms with Crippen molar-refractivity contribution in [3.63, 3.8) is 0 Å². The van der Waals surface area contributed by atoms with E-state index < -0.39 is 0 Å². The minimum absolute atomic E-state index is 0.876. The molecule has 4 fully saturated rings. The SMILES string of the molecule is C1CCC(C2CCCCC2NCC2CC3CCC2C3)CC1. The molecule has 120 valence electrons. The van der Waals surface area contributed by atoms with Crippen LogP contribution in [0.2, 0.25) is 0 Å². The summed E-state index contributed by atoms with van der Waals surface area (Å²) in [6, 6.07) is 0.876. The third-order valence-corrected chi connectivity index (χ3v) is 7.60. The Balaban J connectivity index is 1.31. The normalized spacial score (nSPS) is 44.3. The second-order valence-electron chi connectivity index (χ2n) is 8.80. The molecule has 0 saturated heterocycles. The summed E-state index contributed by atoms with van der Waals surface area (Å²) in [5, 5.41) is 4.10. The van der Waals surface area contributed by atoms with Crippen LogP contribution < -0.4 is 5.32 Å². The molecule has 1 heteroatoms. The highest BCUT2D eigenvalue weighted by Gasteiger charge is 2.40. The lowest BCUT2D eigenvalue weighted by Gasteiger charge is -2.40. The third kappa shape index (κ3) is 3.19. The van der Waals surface area contributed by atoms with Gasteiger partial charge in [-0.3, -0.25) is 0 Å². The Morgan fingerprint density at radius 3 is 2.24 bits per heavy atom. The molecule has 4 aliphatic carbocycles. The van der Waals surface area contributed by atoms with Gasteiger partial charge in [0.2, 0.25) is 0 Å². The molecule has 0 heterocycles. The van der Waals surface area contributed by atoms with Gasteiger partial charge in [0.05, 0.1) is 0 Å². The maximum absolute atomic E-state index is 4.10. The zero-order valence-electron chi connectivity index (χ0n) is 13.9. The Kier molecular flexibility index (Phi) is 4.57. The predicted octanol–water partition coefficient (Wildman–Crippen LogP) is 5.15. The van der Waals surface area contributed by atoms with Gasteiger partial charge in [-0.2, -0.15) is 0 Å². The summed E-state index contributed by atoms with van der Waals surface area (Å²) in [4.78, 5) is 0. The average Bonchev–Trinajstić information content (AvgIpc) is 3.17. The van der Waals surface area contributed by atoms with Gasteiger partial charge in [0.15, 0.2) is 0 Å². The topological polar surface area (TPSA) is 12.0 Å². The molecule has 4 aliphatic rings. The van der Waals surface area contributed by atoms with Crippen molar-refractivity contribution in [3.05, 3.63) is 0 Å². The molecule has 5 unspecified atom stereocenters. The van der Waals surface area contributed by atoms with E-state index in [2.05, 4.69) is 5.32 Å². The highest BCUT2D eigenvalue weighted by Crippen LogP contribution is 2.48. The molecule has 5 atom stereocenters. The fourth-order valence-corrected chi connectivity index (χ4v) is 6.47. The van der Waals surface area contributed by atoms with Gasteiger partial charge in [-0.05, 0) is 68.2 Å². The first kappa shape index (κ1) is 14.5. The largest absolute Gasteiger partial charge is 0.313 e. The molecule has 0 aromatic rings. The first-order valence-corrected chi connectivity index (χ1v) is 10.1. The lowest BCUT2D eigenvalue weighted by molar-refractivity contribution is 0.143. The van der Waals surface area contributed by atoms with E-state index in [4.69, 9.17) is 0 Å². The molecule has 0 aromatic heterocycles. The van der Waals surface area contributed by atoms with Crippen LogP contribution >= 0.6 is 0 Å². The van der Waals surface area contributed by atoms with Crippen LogP contribution in [0.15, 0.2) is 0 Å². The van der Waals surface area contributed by atoms with Crippen molar-refractivity contribution in [2.45, 2.75) is 89.5 Å². The highest BCUT2D eigenvalue weighted by atomic mass is 14.9. The van der Waals surface area contributed by atoms with Gasteiger partial charge in [-0.1, -0.05) is 51.4 Å². The van der Waals surface area contributed by atoms with E-state index in [1.54, 1.807) is 25.7 Å². The highest BCUT2D eigenvalue weighted by molar-refractivity contribution is 4.93. The van der Waals surface area contributed by atoms with Gasteiger partial charge in [0.25, 0.3) is 0 Å². The lowest BCUT2D eigenvalue weighted by Crippen LogP contribution is -2.44. The van der Waals surface area contributed by atoms with Crippen LogP contribution in [-0.4, -0.2) is 12.6 Å². The second-order valence-corrected chi connectivity index (χ2v) is 8.80. The van der Waals surface area contributed by atoms with Gasteiger partial charge in [0.1, 0.15) is 0 Å². The van der Waals surface area contributed by atoms with Crippen molar-refractivity contribution in [2.75, 3.05) is 6.54 Å². The Morgan fingerprint density at radius 2 is 1.48 bits per heavy atom. The van der Waals surface area contributed by atoms with Gasteiger partial charge >= 0.3 is 0 Å². The third-order valence-electron chi connectivity index (χ3n) is 7.60. The van der Waals surface area contributed by atoms with Crippen molar-refractivity contribution < 1.29 is 0 Å². The number of fused-ring (bicyclic) bond motifs is 2. The van der Waals surface area contributed by atoms with Gasteiger partial charge in [0, 0.05) is 6.04 Å². The fourth-order valence-electron chi connectivity index (χ4n) is 6.47. The molecular formula is C20H35N. The van der Waals surface area contributed by atoms with Crippen molar-refractivity contribution in [2.24, 2.45) is 29.6 Å². The van der Waals surface area contributed by atoms with E-state index in [9.17, 15) is 0 Å². The van der Waals surface area contributed by atoms with Crippen LogP contribution in [0.4, 0.5) is 0 Å². The summed E-state index contributed by atoms with van der Waals surface area (Å²) in [7, 11) is 0. The first-order chi connectivity index (χ1) is 10.4. The molecule has 0 radical (unpaired) electrons. The van der Waals surface area contributed by atoms with Gasteiger partial charge < -0.3 is 5.32 Å². The van der Waals surface area contributed by atoms with Gasteiger partial charge in [-0.25, -0.2) is 0 Å². The molecule has 0 aromatic carbocycles. The molecule has 0 amide bonds. The van der Waals surface area contributed by atoms with Crippen LogP contribution in [-0.2, 0) is 0 Å². The second kappa shape index (κ2) is 6.60. The maximum atomic E-state index is 4.10. The summed E-state index contributed by atoms with van der Waals surface area (Å²) < 4.78 is 0. The predicted molar refractivity (Wildman–Crippen MR) is 89.3 cm³/mol. The lowest BCUT2D eigenvalue weighted by atomic mass is 9.71. The Morgan fingerprint density at radius 1 is 0.667 bits per heavy atom. The van der Waals surface area contributed by atoms with E-state index >= 15 is 0 Å². The quantitative estimate of drug-likeness (QED) is 0.754. The number of hydrogen-bond donors (Lipinski definition) is 1. The molecule has 0 spiro atoms. The van der Waals surface area contributed by atoms with E-state index in [-0.39, 0.29) is 0 Å². The number of hydrogen-bond acceptors (Lipinski definition) is 1. The first-order valence-electron chi connectivity index (χ1n) is 10.1. The maximum Gasteiger partial charge on any atom is 0.00980 e. The summed E-state index contributed by atoms with van der Waals surface area (Å²) in [5.41, 5.74) is 0. The van der Waals surface area contributed by atoms with Crippen molar-refractivity contribution in [3.8, 4) is 0 Å². The zero-order valence-corrected chi connectivity index (χ0v) is 13.9. The molecule has 2 bridgehead atoms. The molecule has 0 aliphatic heterocycles. The van der Waals surface area contributed by atoms with Crippen molar-refractivity contribution in [1.29, 1.82) is 0 Å².